The highest BCUT2D eigenvalue weighted by atomic mass is 16.4. The maximum absolute atomic E-state index is 13.9. The molecule has 0 amide bonds. The second-order valence-electron chi connectivity index (χ2n) is 13.8. The van der Waals surface area contributed by atoms with Crippen molar-refractivity contribution in [2.45, 2.75) is 104 Å². The lowest BCUT2D eigenvalue weighted by Gasteiger charge is -2.65. The second-order valence-corrected chi connectivity index (χ2v) is 13.8. The molecule has 184 valence electrons. The minimum absolute atomic E-state index is 0.0702. The second kappa shape index (κ2) is 6.94. The van der Waals surface area contributed by atoms with Crippen LogP contribution in [0, 0.1) is 45.3 Å². The first-order chi connectivity index (χ1) is 15.2. The summed E-state index contributed by atoms with van der Waals surface area (Å²) in [5.74, 6) is -0.135. The van der Waals surface area contributed by atoms with E-state index in [1.807, 2.05) is 0 Å². The van der Waals surface area contributed by atoms with Gasteiger partial charge in [-0.05, 0) is 105 Å². The number of rotatable bonds is 1. The number of allylic oxidation sites excluding steroid dienone is 1. The SMILES string of the molecule is CC1(C)[C@@H](O)CC[C@]2(C)[C@H]3C(=O)C=C4C(CC[C@@]5(C)CC[C@](C)(C(=O)O)C[C@@]45O)C3CC[C@@H]12. The van der Waals surface area contributed by atoms with Gasteiger partial charge in [-0.2, -0.15) is 0 Å². The minimum Gasteiger partial charge on any atom is -0.481 e. The zero-order chi connectivity index (χ0) is 24.2. The van der Waals surface area contributed by atoms with Gasteiger partial charge in [-0.3, -0.25) is 9.59 Å². The van der Waals surface area contributed by atoms with Gasteiger partial charge in [0.05, 0.1) is 17.1 Å². The Morgan fingerprint density at radius 2 is 1.67 bits per heavy atom. The summed E-state index contributed by atoms with van der Waals surface area (Å²) in [6.45, 7) is 10.5. The van der Waals surface area contributed by atoms with Gasteiger partial charge in [-0.1, -0.05) is 27.7 Å². The molecule has 4 saturated carbocycles. The van der Waals surface area contributed by atoms with Crippen molar-refractivity contribution < 1.29 is 24.9 Å². The van der Waals surface area contributed by atoms with Crippen LogP contribution in [0.2, 0.25) is 0 Å². The van der Waals surface area contributed by atoms with Gasteiger partial charge >= 0.3 is 5.97 Å². The number of carbonyl (C=O) groups is 2. The van der Waals surface area contributed by atoms with Gasteiger partial charge in [-0.15, -0.1) is 0 Å². The molecule has 0 saturated heterocycles. The maximum atomic E-state index is 13.9. The van der Waals surface area contributed by atoms with Gasteiger partial charge in [0.15, 0.2) is 5.78 Å². The zero-order valence-electron chi connectivity index (χ0n) is 21.0. The third kappa shape index (κ3) is 2.90. The Morgan fingerprint density at radius 1 is 0.970 bits per heavy atom. The number of aliphatic carboxylic acids is 1. The van der Waals surface area contributed by atoms with Crippen LogP contribution in [0.3, 0.4) is 0 Å². The maximum Gasteiger partial charge on any atom is 0.309 e. The van der Waals surface area contributed by atoms with E-state index >= 15 is 0 Å². The lowest BCUT2D eigenvalue weighted by molar-refractivity contribution is -0.185. The Kier molecular flexibility index (Phi) is 4.95. The summed E-state index contributed by atoms with van der Waals surface area (Å²) in [5.41, 5.74) is -2.10. The van der Waals surface area contributed by atoms with Crippen LogP contribution in [-0.2, 0) is 9.59 Å². The molecular weight excluding hydrogens is 416 g/mol. The molecule has 3 N–H and O–H groups in total. The summed E-state index contributed by atoms with van der Waals surface area (Å²) >= 11 is 0. The molecule has 0 aromatic rings. The number of carbonyl (C=O) groups excluding carboxylic acids is 1. The van der Waals surface area contributed by atoms with E-state index in [1.54, 1.807) is 13.0 Å². The van der Waals surface area contributed by atoms with Crippen LogP contribution in [-0.4, -0.2) is 38.8 Å². The molecule has 5 nitrogen and oxygen atoms in total. The van der Waals surface area contributed by atoms with E-state index in [2.05, 4.69) is 27.7 Å². The number of aliphatic hydroxyl groups excluding tert-OH is 1. The van der Waals surface area contributed by atoms with E-state index in [1.165, 1.54) is 0 Å². The standard InChI is InChI=1S/C28H42O5/c1-24(2)20-7-6-17-16-8-10-26(4)13-12-25(3,23(31)32)15-28(26,33)18(16)14-19(29)22(17)27(20,5)11-9-21(24)30/h14,16-17,20-22,30,33H,6-13,15H2,1-5H3,(H,31,32)/t16?,17?,20-,21-,22+,25-,26-,27-,28+/m0/s1. The molecule has 4 fully saturated rings. The number of fused-ring (bicyclic) bond motifs is 7. The predicted molar refractivity (Wildman–Crippen MR) is 125 cm³/mol. The van der Waals surface area contributed by atoms with Crippen molar-refractivity contribution >= 4 is 11.8 Å². The van der Waals surface area contributed by atoms with Gasteiger partial charge in [-0.25, -0.2) is 0 Å². The third-order valence-electron chi connectivity index (χ3n) is 11.8. The van der Waals surface area contributed by atoms with Crippen LogP contribution in [0.4, 0.5) is 0 Å². The first-order valence-corrected chi connectivity index (χ1v) is 13.1. The quantitative estimate of drug-likeness (QED) is 0.527. The fourth-order valence-corrected chi connectivity index (χ4v) is 9.57. The summed E-state index contributed by atoms with van der Waals surface area (Å²) in [4.78, 5) is 26.0. The van der Waals surface area contributed by atoms with Crippen LogP contribution in [0.5, 0.6) is 0 Å². The molecule has 5 rings (SSSR count). The number of carboxylic acids is 1. The first-order valence-electron chi connectivity index (χ1n) is 13.1. The van der Waals surface area contributed by atoms with Gasteiger partial charge in [0.1, 0.15) is 0 Å². The monoisotopic (exact) mass is 458 g/mol. The van der Waals surface area contributed by atoms with Gasteiger partial charge < -0.3 is 15.3 Å². The normalized spacial score (nSPS) is 53.1. The fourth-order valence-electron chi connectivity index (χ4n) is 9.57. The Morgan fingerprint density at radius 3 is 2.33 bits per heavy atom. The Hall–Kier alpha value is -1.20. The van der Waals surface area contributed by atoms with Crippen LogP contribution in [0.25, 0.3) is 0 Å². The minimum atomic E-state index is -1.23. The molecule has 0 radical (unpaired) electrons. The summed E-state index contributed by atoms with van der Waals surface area (Å²) in [6.07, 6.45) is 8.25. The van der Waals surface area contributed by atoms with E-state index in [-0.39, 0.29) is 52.3 Å². The van der Waals surface area contributed by atoms with Crippen molar-refractivity contribution in [2.75, 3.05) is 0 Å². The number of carboxylic acid groups (broad SMARTS) is 1. The van der Waals surface area contributed by atoms with Crippen molar-refractivity contribution in [3.63, 3.8) is 0 Å². The first kappa shape index (κ1) is 23.5. The summed E-state index contributed by atoms with van der Waals surface area (Å²) in [5, 5.41) is 32.9. The lowest BCUT2D eigenvalue weighted by Crippen LogP contribution is -2.64. The lowest BCUT2D eigenvalue weighted by atomic mass is 9.40. The smallest absolute Gasteiger partial charge is 0.309 e. The highest BCUT2D eigenvalue weighted by Crippen LogP contribution is 2.68. The molecule has 0 bridgehead atoms. The predicted octanol–water partition coefficient (Wildman–Crippen LogP) is 4.75. The van der Waals surface area contributed by atoms with Crippen molar-refractivity contribution in [1.82, 2.24) is 0 Å². The largest absolute Gasteiger partial charge is 0.481 e. The van der Waals surface area contributed by atoms with Crippen LogP contribution < -0.4 is 0 Å². The molecule has 0 spiro atoms. The highest BCUT2D eigenvalue weighted by Gasteiger charge is 2.66. The van der Waals surface area contributed by atoms with Crippen LogP contribution >= 0.6 is 0 Å². The average Bonchev–Trinajstić information content (AvgIpc) is 2.72. The zero-order valence-corrected chi connectivity index (χ0v) is 21.0. The van der Waals surface area contributed by atoms with E-state index in [0.717, 1.165) is 44.1 Å². The molecule has 5 aliphatic rings. The van der Waals surface area contributed by atoms with Crippen LogP contribution in [0.15, 0.2) is 11.6 Å². The molecule has 5 aliphatic carbocycles. The molecule has 5 heteroatoms. The average molecular weight is 459 g/mol. The number of hydrogen-bond donors (Lipinski definition) is 3. The highest BCUT2D eigenvalue weighted by molar-refractivity contribution is 5.95. The topological polar surface area (TPSA) is 94.8 Å². The van der Waals surface area contributed by atoms with E-state index in [0.29, 0.717) is 18.8 Å². The fraction of sp³-hybridized carbons (Fsp3) is 0.857. The van der Waals surface area contributed by atoms with Crippen molar-refractivity contribution in [1.29, 1.82) is 0 Å². The van der Waals surface area contributed by atoms with Gasteiger partial charge in [0.25, 0.3) is 0 Å². The summed E-state index contributed by atoms with van der Waals surface area (Å²) in [7, 11) is 0. The molecule has 0 aromatic carbocycles. The van der Waals surface area contributed by atoms with E-state index in [4.69, 9.17) is 0 Å². The van der Waals surface area contributed by atoms with E-state index in [9.17, 15) is 24.9 Å². The summed E-state index contributed by atoms with van der Waals surface area (Å²) in [6, 6.07) is 0. The molecular formula is C28H42O5. The van der Waals surface area contributed by atoms with Crippen molar-refractivity contribution in [2.24, 2.45) is 45.3 Å². The van der Waals surface area contributed by atoms with Gasteiger partial charge in [0.2, 0.25) is 0 Å². The Labute approximate surface area is 198 Å². The Bertz CT molecular complexity index is 921. The van der Waals surface area contributed by atoms with Crippen molar-refractivity contribution in [3.8, 4) is 0 Å². The van der Waals surface area contributed by atoms with E-state index < -0.39 is 17.0 Å². The van der Waals surface area contributed by atoms with Crippen LogP contribution in [0.1, 0.15) is 92.4 Å². The third-order valence-corrected chi connectivity index (χ3v) is 11.8. The molecule has 0 aromatic heterocycles. The Balaban J connectivity index is 1.57. The summed E-state index contributed by atoms with van der Waals surface area (Å²) < 4.78 is 0. The number of ketones is 1. The van der Waals surface area contributed by atoms with Crippen molar-refractivity contribution in [3.05, 3.63) is 11.6 Å². The number of hydrogen-bond acceptors (Lipinski definition) is 4. The molecule has 0 heterocycles. The van der Waals surface area contributed by atoms with Gasteiger partial charge in [0, 0.05) is 11.3 Å². The molecule has 2 unspecified atom stereocenters. The number of aliphatic hydroxyl groups is 2. The molecule has 9 atom stereocenters. The molecule has 33 heavy (non-hydrogen) atoms. The molecule has 0 aliphatic heterocycles.